The monoisotopic (exact) mass is 482 g/mol. The quantitative estimate of drug-likeness (QED) is 0.420. The van der Waals surface area contributed by atoms with E-state index in [1.165, 1.54) is 7.11 Å². The molecule has 0 spiro atoms. The lowest BCUT2D eigenvalue weighted by Gasteiger charge is -2.23. The van der Waals surface area contributed by atoms with E-state index in [4.69, 9.17) is 9.47 Å². The highest BCUT2D eigenvalue weighted by Gasteiger charge is 2.30. The zero-order valence-electron chi connectivity index (χ0n) is 20.5. The summed E-state index contributed by atoms with van der Waals surface area (Å²) in [7, 11) is 1.38. The summed E-state index contributed by atoms with van der Waals surface area (Å²) in [4.78, 5) is 36.7. The van der Waals surface area contributed by atoms with Gasteiger partial charge in [-0.05, 0) is 35.6 Å². The third kappa shape index (κ3) is 6.60. The maximum absolute atomic E-state index is 12.7. The standard InChI is InChI=1S/C27H34N2O6/c1-4-5-10-18(15-24(30)29-25(26(31)32)17(2)34-3)28-27(33)35-16-23-21-13-8-6-11-19(21)20-12-7-9-14-22(20)23/h6-9,11-14,17-18,23,25H,4-5,10,15-16H2,1-3H3,(H,28,33)(H,29,30)(H,31,32)/t17?,18-,25?/m1/s1. The van der Waals surface area contributed by atoms with Gasteiger partial charge in [-0.15, -0.1) is 0 Å². The smallest absolute Gasteiger partial charge is 0.407 e. The summed E-state index contributed by atoms with van der Waals surface area (Å²) in [5.41, 5.74) is 4.53. The molecule has 35 heavy (non-hydrogen) atoms. The van der Waals surface area contributed by atoms with Crippen LogP contribution in [0.2, 0.25) is 0 Å². The van der Waals surface area contributed by atoms with E-state index >= 15 is 0 Å². The number of hydrogen-bond acceptors (Lipinski definition) is 5. The Morgan fingerprint density at radius 1 is 1.00 bits per heavy atom. The van der Waals surface area contributed by atoms with Crippen molar-refractivity contribution in [3.05, 3.63) is 59.7 Å². The third-order valence-electron chi connectivity index (χ3n) is 6.43. The molecule has 0 radical (unpaired) electrons. The predicted molar refractivity (Wildman–Crippen MR) is 132 cm³/mol. The van der Waals surface area contributed by atoms with E-state index < -0.39 is 36.2 Å². The number of nitrogens with one attached hydrogen (secondary N) is 2. The number of alkyl carbamates (subject to hydrolysis) is 1. The number of rotatable bonds is 12. The average Bonchev–Trinajstić information content (AvgIpc) is 3.17. The van der Waals surface area contributed by atoms with Gasteiger partial charge in [-0.2, -0.15) is 0 Å². The fourth-order valence-corrected chi connectivity index (χ4v) is 4.45. The molecule has 2 amide bonds. The van der Waals surface area contributed by atoms with Crippen molar-refractivity contribution in [3.63, 3.8) is 0 Å². The van der Waals surface area contributed by atoms with Gasteiger partial charge in [-0.25, -0.2) is 9.59 Å². The number of hydrogen-bond donors (Lipinski definition) is 3. The lowest BCUT2D eigenvalue weighted by Crippen LogP contribution is -2.50. The summed E-state index contributed by atoms with van der Waals surface area (Å²) < 4.78 is 10.7. The minimum absolute atomic E-state index is 0.0512. The van der Waals surface area contributed by atoms with Crippen molar-refractivity contribution in [1.29, 1.82) is 0 Å². The number of amides is 2. The number of unbranched alkanes of at least 4 members (excludes halogenated alkanes) is 1. The molecule has 2 unspecified atom stereocenters. The predicted octanol–water partition coefficient (Wildman–Crippen LogP) is 4.08. The van der Waals surface area contributed by atoms with Crippen LogP contribution in [0.1, 0.15) is 56.6 Å². The molecule has 8 nitrogen and oxygen atoms in total. The molecule has 0 fully saturated rings. The second kappa shape index (κ2) is 12.4. The summed E-state index contributed by atoms with van der Waals surface area (Å²) in [6.45, 7) is 3.77. The summed E-state index contributed by atoms with van der Waals surface area (Å²) in [6, 6.07) is 14.6. The molecule has 188 valence electrons. The lowest BCUT2D eigenvalue weighted by atomic mass is 9.98. The molecule has 2 aromatic rings. The van der Waals surface area contributed by atoms with Gasteiger partial charge >= 0.3 is 12.1 Å². The number of ether oxygens (including phenoxy) is 2. The van der Waals surface area contributed by atoms with Gasteiger partial charge in [0.15, 0.2) is 6.04 Å². The van der Waals surface area contributed by atoms with Gasteiger partial charge in [0.2, 0.25) is 5.91 Å². The second-order valence-electron chi connectivity index (χ2n) is 8.84. The highest BCUT2D eigenvalue weighted by molar-refractivity contribution is 5.84. The summed E-state index contributed by atoms with van der Waals surface area (Å²) in [6.07, 6.45) is 0.929. The van der Waals surface area contributed by atoms with E-state index in [1.807, 2.05) is 31.2 Å². The maximum atomic E-state index is 12.7. The molecule has 3 rings (SSSR count). The van der Waals surface area contributed by atoms with Crippen LogP contribution in [-0.4, -0.2) is 55.0 Å². The fraction of sp³-hybridized carbons (Fsp3) is 0.444. The number of carboxylic acids is 1. The van der Waals surface area contributed by atoms with Crippen molar-refractivity contribution in [3.8, 4) is 11.1 Å². The van der Waals surface area contributed by atoms with Crippen LogP contribution in [0.4, 0.5) is 4.79 Å². The van der Waals surface area contributed by atoms with Crippen molar-refractivity contribution in [2.24, 2.45) is 0 Å². The minimum atomic E-state index is -1.18. The second-order valence-corrected chi connectivity index (χ2v) is 8.84. The first kappa shape index (κ1) is 26.2. The summed E-state index contributed by atoms with van der Waals surface area (Å²) in [5, 5.41) is 14.7. The SMILES string of the molecule is CCCC[C@H](CC(=O)NC(C(=O)O)C(C)OC)NC(=O)OCC1c2ccccc2-c2ccccc21. The molecule has 8 heteroatoms. The number of fused-ring (bicyclic) bond motifs is 3. The van der Waals surface area contributed by atoms with Crippen molar-refractivity contribution in [2.45, 2.75) is 63.6 Å². The zero-order chi connectivity index (χ0) is 25.4. The van der Waals surface area contributed by atoms with E-state index in [1.54, 1.807) is 6.92 Å². The Balaban J connectivity index is 1.61. The van der Waals surface area contributed by atoms with Crippen molar-refractivity contribution in [1.82, 2.24) is 10.6 Å². The number of benzene rings is 2. The first-order valence-corrected chi connectivity index (χ1v) is 12.0. The Labute approximate surface area is 206 Å². The lowest BCUT2D eigenvalue weighted by molar-refractivity contribution is -0.145. The molecule has 0 saturated carbocycles. The van der Waals surface area contributed by atoms with Gasteiger partial charge in [0, 0.05) is 25.5 Å². The van der Waals surface area contributed by atoms with Gasteiger partial charge in [-0.3, -0.25) is 4.79 Å². The molecular formula is C27H34N2O6. The molecule has 2 aromatic carbocycles. The van der Waals surface area contributed by atoms with E-state index in [0.717, 1.165) is 35.1 Å². The van der Waals surface area contributed by atoms with Crippen LogP contribution in [0.5, 0.6) is 0 Å². The van der Waals surface area contributed by atoms with Gasteiger partial charge in [0.25, 0.3) is 0 Å². The topological polar surface area (TPSA) is 114 Å². The highest BCUT2D eigenvalue weighted by Crippen LogP contribution is 2.44. The number of carbonyl (C=O) groups excluding carboxylic acids is 2. The molecule has 3 atom stereocenters. The van der Waals surface area contributed by atoms with E-state index in [0.29, 0.717) is 6.42 Å². The fourth-order valence-electron chi connectivity index (χ4n) is 4.45. The Kier molecular flexibility index (Phi) is 9.25. The van der Waals surface area contributed by atoms with Crippen LogP contribution in [-0.2, 0) is 19.1 Å². The molecule has 0 bridgehead atoms. The Morgan fingerprint density at radius 2 is 1.60 bits per heavy atom. The van der Waals surface area contributed by atoms with Crippen molar-refractivity contribution < 1.29 is 29.0 Å². The van der Waals surface area contributed by atoms with Crippen molar-refractivity contribution in [2.75, 3.05) is 13.7 Å². The summed E-state index contributed by atoms with van der Waals surface area (Å²) in [5.74, 6) is -1.71. The number of carbonyl (C=O) groups is 3. The van der Waals surface area contributed by atoms with Crippen LogP contribution in [0, 0.1) is 0 Å². The first-order chi connectivity index (χ1) is 16.8. The Bertz CT molecular complexity index is 994. The molecule has 0 heterocycles. The van der Waals surface area contributed by atoms with Crippen molar-refractivity contribution >= 4 is 18.0 Å². The van der Waals surface area contributed by atoms with Gasteiger partial charge in [0.05, 0.1) is 6.10 Å². The van der Waals surface area contributed by atoms with E-state index in [2.05, 4.69) is 34.9 Å². The molecule has 1 aliphatic carbocycles. The molecule has 0 aromatic heterocycles. The minimum Gasteiger partial charge on any atom is -0.480 e. The van der Waals surface area contributed by atoms with Gasteiger partial charge in [0.1, 0.15) is 6.61 Å². The molecule has 0 saturated heterocycles. The number of aliphatic carboxylic acids is 1. The molecule has 3 N–H and O–H groups in total. The molecular weight excluding hydrogens is 448 g/mol. The van der Waals surface area contributed by atoms with E-state index in [-0.39, 0.29) is 18.9 Å². The number of methoxy groups -OCH3 is 1. The number of carboxylic acid groups (broad SMARTS) is 1. The maximum Gasteiger partial charge on any atom is 0.407 e. The highest BCUT2D eigenvalue weighted by atomic mass is 16.5. The largest absolute Gasteiger partial charge is 0.480 e. The van der Waals surface area contributed by atoms with Crippen LogP contribution < -0.4 is 10.6 Å². The van der Waals surface area contributed by atoms with Gasteiger partial charge < -0.3 is 25.2 Å². The van der Waals surface area contributed by atoms with Crippen LogP contribution in [0.15, 0.2) is 48.5 Å². The Morgan fingerprint density at radius 3 is 2.14 bits per heavy atom. The molecule has 1 aliphatic rings. The van der Waals surface area contributed by atoms with Crippen LogP contribution >= 0.6 is 0 Å². The zero-order valence-corrected chi connectivity index (χ0v) is 20.5. The van der Waals surface area contributed by atoms with Crippen LogP contribution in [0.3, 0.4) is 0 Å². The average molecular weight is 483 g/mol. The Hall–Kier alpha value is -3.39. The normalized spacial score (nSPS) is 14.8. The van der Waals surface area contributed by atoms with E-state index in [9.17, 15) is 19.5 Å². The van der Waals surface area contributed by atoms with Crippen LogP contribution in [0.25, 0.3) is 11.1 Å². The first-order valence-electron chi connectivity index (χ1n) is 12.0. The third-order valence-corrected chi connectivity index (χ3v) is 6.43. The van der Waals surface area contributed by atoms with Gasteiger partial charge in [-0.1, -0.05) is 68.3 Å². The summed E-state index contributed by atoms with van der Waals surface area (Å²) >= 11 is 0. The molecule has 0 aliphatic heterocycles.